The summed E-state index contributed by atoms with van der Waals surface area (Å²) in [5, 5.41) is 15.2. The number of benzene rings is 2. The maximum Gasteiger partial charge on any atom is 0.270 e. The molecule has 0 saturated heterocycles. The van der Waals surface area contributed by atoms with Gasteiger partial charge in [0.2, 0.25) is 0 Å². The third-order valence-corrected chi connectivity index (χ3v) is 3.89. The molecule has 0 saturated carbocycles. The SMILES string of the molecule is CON=Cc1cc([N+](=O)[O-])ccc1Sc1ccc(Cl)cc1. The van der Waals surface area contributed by atoms with Crippen molar-refractivity contribution in [2.45, 2.75) is 9.79 Å². The summed E-state index contributed by atoms with van der Waals surface area (Å²) in [6, 6.07) is 11.9. The molecule has 2 rings (SSSR count). The maximum atomic E-state index is 10.8. The summed E-state index contributed by atoms with van der Waals surface area (Å²) in [5.74, 6) is 0. The summed E-state index contributed by atoms with van der Waals surface area (Å²) in [6.45, 7) is 0. The molecule has 0 bridgehead atoms. The van der Waals surface area contributed by atoms with Gasteiger partial charge in [0.25, 0.3) is 5.69 Å². The van der Waals surface area contributed by atoms with Crippen LogP contribution in [0.15, 0.2) is 57.4 Å². The molecule has 0 spiro atoms. The van der Waals surface area contributed by atoms with E-state index in [-0.39, 0.29) is 5.69 Å². The van der Waals surface area contributed by atoms with Crippen LogP contribution in [-0.2, 0) is 4.84 Å². The Morgan fingerprint density at radius 1 is 1.29 bits per heavy atom. The van der Waals surface area contributed by atoms with E-state index in [1.54, 1.807) is 18.2 Å². The van der Waals surface area contributed by atoms with Crippen molar-refractivity contribution in [2.75, 3.05) is 7.11 Å². The Morgan fingerprint density at radius 2 is 2.00 bits per heavy atom. The fraction of sp³-hybridized carbons (Fsp3) is 0.0714. The Bertz CT molecular complexity index is 674. The van der Waals surface area contributed by atoms with Crippen LogP contribution in [0.25, 0.3) is 0 Å². The summed E-state index contributed by atoms with van der Waals surface area (Å²) in [7, 11) is 1.42. The van der Waals surface area contributed by atoms with E-state index in [4.69, 9.17) is 11.6 Å². The molecule has 0 aromatic heterocycles. The van der Waals surface area contributed by atoms with Crippen LogP contribution in [-0.4, -0.2) is 18.2 Å². The molecule has 0 N–H and O–H groups in total. The number of nitro benzene ring substituents is 1. The first-order valence-electron chi connectivity index (χ1n) is 5.88. The molecular formula is C14H11ClN2O3S. The number of nitro groups is 1. The second-order valence-corrected chi connectivity index (χ2v) is 5.50. The molecule has 0 aliphatic heterocycles. The topological polar surface area (TPSA) is 64.7 Å². The number of hydrogen-bond acceptors (Lipinski definition) is 5. The summed E-state index contributed by atoms with van der Waals surface area (Å²) in [6.07, 6.45) is 1.45. The van der Waals surface area contributed by atoms with Gasteiger partial charge >= 0.3 is 0 Å². The third kappa shape index (κ3) is 4.21. The number of rotatable bonds is 5. The van der Waals surface area contributed by atoms with Gasteiger partial charge in [0.05, 0.1) is 11.1 Å². The molecule has 7 heteroatoms. The number of halogens is 1. The van der Waals surface area contributed by atoms with Crippen molar-refractivity contribution in [2.24, 2.45) is 5.16 Å². The van der Waals surface area contributed by atoms with Gasteiger partial charge in [-0.2, -0.15) is 0 Å². The first-order valence-corrected chi connectivity index (χ1v) is 7.08. The fourth-order valence-electron chi connectivity index (χ4n) is 1.58. The van der Waals surface area contributed by atoms with Gasteiger partial charge in [-0.15, -0.1) is 0 Å². The van der Waals surface area contributed by atoms with Crippen LogP contribution < -0.4 is 0 Å². The Kier molecular flexibility index (Phi) is 5.19. The quantitative estimate of drug-likeness (QED) is 0.465. The van der Waals surface area contributed by atoms with Gasteiger partial charge in [0, 0.05) is 32.5 Å². The zero-order chi connectivity index (χ0) is 15.2. The largest absolute Gasteiger partial charge is 0.399 e. The second kappa shape index (κ2) is 7.10. The highest BCUT2D eigenvalue weighted by Gasteiger charge is 2.11. The van der Waals surface area contributed by atoms with Crippen molar-refractivity contribution in [3.63, 3.8) is 0 Å². The molecule has 0 atom stereocenters. The van der Waals surface area contributed by atoms with Gasteiger partial charge in [-0.1, -0.05) is 28.5 Å². The van der Waals surface area contributed by atoms with E-state index in [0.717, 1.165) is 9.79 Å². The zero-order valence-corrected chi connectivity index (χ0v) is 12.6. The highest BCUT2D eigenvalue weighted by atomic mass is 35.5. The van der Waals surface area contributed by atoms with Crippen LogP contribution in [0.1, 0.15) is 5.56 Å². The lowest BCUT2D eigenvalue weighted by Crippen LogP contribution is -1.93. The molecule has 0 radical (unpaired) electrons. The van der Waals surface area contributed by atoms with Crippen LogP contribution >= 0.6 is 23.4 Å². The van der Waals surface area contributed by atoms with Crippen LogP contribution in [0.3, 0.4) is 0 Å². The molecule has 108 valence electrons. The molecule has 0 aliphatic carbocycles. The highest BCUT2D eigenvalue weighted by molar-refractivity contribution is 7.99. The lowest BCUT2D eigenvalue weighted by atomic mass is 10.2. The standard InChI is InChI=1S/C14H11ClN2O3S/c1-20-16-9-10-8-12(17(18)19)4-7-14(10)21-13-5-2-11(15)3-6-13/h2-9H,1H3. The van der Waals surface area contributed by atoms with Crippen molar-refractivity contribution in [3.8, 4) is 0 Å². The van der Waals surface area contributed by atoms with Gasteiger partial charge in [-0.05, 0) is 30.3 Å². The first kappa shape index (κ1) is 15.3. The summed E-state index contributed by atoms with van der Waals surface area (Å²) in [5.41, 5.74) is 0.624. The Balaban J connectivity index is 2.34. The minimum Gasteiger partial charge on any atom is -0.399 e. The number of hydrogen-bond donors (Lipinski definition) is 0. The monoisotopic (exact) mass is 322 g/mol. The smallest absolute Gasteiger partial charge is 0.270 e. The molecule has 0 heterocycles. The van der Waals surface area contributed by atoms with Crippen LogP contribution in [0.2, 0.25) is 5.02 Å². The number of nitrogens with zero attached hydrogens (tertiary/aromatic N) is 2. The molecule has 0 aliphatic rings. The Hall–Kier alpha value is -2.05. The van der Waals surface area contributed by atoms with E-state index in [1.807, 2.05) is 12.1 Å². The minimum atomic E-state index is -0.444. The van der Waals surface area contributed by atoms with Crippen molar-refractivity contribution in [1.82, 2.24) is 0 Å². The van der Waals surface area contributed by atoms with Crippen molar-refractivity contribution < 1.29 is 9.76 Å². The predicted octanol–water partition coefficient (Wildman–Crippen LogP) is 4.38. The fourth-order valence-corrected chi connectivity index (χ4v) is 2.60. The van der Waals surface area contributed by atoms with E-state index in [9.17, 15) is 10.1 Å². The average molecular weight is 323 g/mol. The van der Waals surface area contributed by atoms with E-state index < -0.39 is 4.92 Å². The Morgan fingerprint density at radius 3 is 2.62 bits per heavy atom. The van der Waals surface area contributed by atoms with E-state index in [0.29, 0.717) is 10.6 Å². The zero-order valence-electron chi connectivity index (χ0n) is 11.0. The van der Waals surface area contributed by atoms with Crippen molar-refractivity contribution >= 4 is 35.3 Å². The average Bonchev–Trinajstić information content (AvgIpc) is 2.48. The lowest BCUT2D eigenvalue weighted by molar-refractivity contribution is -0.384. The van der Waals surface area contributed by atoms with Gasteiger partial charge in [-0.25, -0.2) is 0 Å². The molecule has 0 unspecified atom stereocenters. The second-order valence-electron chi connectivity index (χ2n) is 3.95. The van der Waals surface area contributed by atoms with Gasteiger partial charge in [-0.3, -0.25) is 10.1 Å². The summed E-state index contributed by atoms with van der Waals surface area (Å²) < 4.78 is 0. The van der Waals surface area contributed by atoms with E-state index in [2.05, 4.69) is 9.99 Å². The normalized spacial score (nSPS) is 10.8. The maximum absolute atomic E-state index is 10.8. The number of oxime groups is 1. The van der Waals surface area contributed by atoms with Gasteiger partial charge < -0.3 is 4.84 Å². The molecule has 2 aromatic carbocycles. The van der Waals surface area contributed by atoms with E-state index in [1.165, 1.54) is 37.2 Å². The third-order valence-electron chi connectivity index (χ3n) is 2.54. The number of non-ortho nitro benzene ring substituents is 1. The molecular weight excluding hydrogens is 312 g/mol. The van der Waals surface area contributed by atoms with Crippen molar-refractivity contribution in [3.05, 3.63) is 63.2 Å². The van der Waals surface area contributed by atoms with Crippen LogP contribution in [0.4, 0.5) is 5.69 Å². The summed E-state index contributed by atoms with van der Waals surface area (Å²) >= 11 is 7.31. The van der Waals surface area contributed by atoms with Gasteiger partial charge in [0.15, 0.2) is 0 Å². The predicted molar refractivity (Wildman–Crippen MR) is 83.3 cm³/mol. The molecule has 5 nitrogen and oxygen atoms in total. The minimum absolute atomic E-state index is 0.00742. The summed E-state index contributed by atoms with van der Waals surface area (Å²) in [4.78, 5) is 16.8. The lowest BCUT2D eigenvalue weighted by Gasteiger charge is -2.05. The van der Waals surface area contributed by atoms with E-state index >= 15 is 0 Å². The van der Waals surface area contributed by atoms with Crippen molar-refractivity contribution in [1.29, 1.82) is 0 Å². The van der Waals surface area contributed by atoms with Gasteiger partial charge in [0.1, 0.15) is 7.11 Å². The first-order chi connectivity index (χ1) is 10.1. The molecule has 21 heavy (non-hydrogen) atoms. The molecule has 0 amide bonds. The molecule has 0 fully saturated rings. The highest BCUT2D eigenvalue weighted by Crippen LogP contribution is 2.32. The van der Waals surface area contributed by atoms with Crippen LogP contribution in [0.5, 0.6) is 0 Å². The Labute approximate surface area is 130 Å². The molecule has 2 aromatic rings. The van der Waals surface area contributed by atoms with Crippen LogP contribution in [0, 0.1) is 10.1 Å².